The Morgan fingerprint density at radius 3 is 2.50 bits per heavy atom. The van der Waals surface area contributed by atoms with Gasteiger partial charge in [0, 0.05) is 36.1 Å². The van der Waals surface area contributed by atoms with Gasteiger partial charge in [-0.1, -0.05) is 53.6 Å². The fourth-order valence-corrected chi connectivity index (χ4v) is 4.33. The van der Waals surface area contributed by atoms with E-state index in [1.165, 1.54) is 5.56 Å². The summed E-state index contributed by atoms with van der Waals surface area (Å²) in [7, 11) is 0. The molecule has 3 aromatic carbocycles. The molecule has 0 N–H and O–H groups in total. The van der Waals surface area contributed by atoms with Crippen LogP contribution in [0.5, 0.6) is 0 Å². The summed E-state index contributed by atoms with van der Waals surface area (Å²) in [6, 6.07) is 24.2. The lowest BCUT2D eigenvalue weighted by Crippen LogP contribution is -2.24. The van der Waals surface area contributed by atoms with Crippen LogP contribution in [-0.4, -0.2) is 22.0 Å². The molecule has 1 aliphatic heterocycles. The molecule has 5 heteroatoms. The summed E-state index contributed by atoms with van der Waals surface area (Å²) in [5.74, 6) is 1.17. The first-order chi connectivity index (χ1) is 14.6. The number of carbonyl (C=O) groups is 1. The van der Waals surface area contributed by atoms with E-state index in [1.807, 2.05) is 71.6 Å². The van der Waals surface area contributed by atoms with Gasteiger partial charge in [-0.15, -0.1) is 0 Å². The van der Waals surface area contributed by atoms with Crippen molar-refractivity contribution in [3.8, 4) is 0 Å². The molecule has 30 heavy (non-hydrogen) atoms. The summed E-state index contributed by atoms with van der Waals surface area (Å²) in [5, 5.41) is 0.726. The highest BCUT2D eigenvalue weighted by Gasteiger charge is 2.34. The van der Waals surface area contributed by atoms with Gasteiger partial charge in [-0.05, 0) is 48.9 Å². The van der Waals surface area contributed by atoms with Crippen molar-refractivity contribution in [2.75, 3.05) is 11.4 Å². The summed E-state index contributed by atoms with van der Waals surface area (Å²) >= 11 is 6.06. The van der Waals surface area contributed by atoms with Gasteiger partial charge < -0.3 is 9.47 Å². The molecule has 4 aromatic rings. The zero-order valence-corrected chi connectivity index (χ0v) is 17.5. The number of benzene rings is 3. The highest BCUT2D eigenvalue weighted by molar-refractivity contribution is 6.30. The van der Waals surface area contributed by atoms with Crippen LogP contribution in [0.25, 0.3) is 11.0 Å². The van der Waals surface area contributed by atoms with E-state index >= 15 is 0 Å². The second kappa shape index (κ2) is 7.62. The maximum absolute atomic E-state index is 12.8. The minimum atomic E-state index is 0.0542. The van der Waals surface area contributed by atoms with Gasteiger partial charge >= 0.3 is 0 Å². The summed E-state index contributed by atoms with van der Waals surface area (Å²) in [6.45, 7) is 3.39. The maximum Gasteiger partial charge on any atom is 0.227 e. The van der Waals surface area contributed by atoms with Gasteiger partial charge in [0.05, 0.1) is 11.0 Å². The number of imidazole rings is 1. The van der Waals surface area contributed by atoms with Gasteiger partial charge in [0.15, 0.2) is 0 Å². The number of carbonyl (C=O) groups excluding carboxylic acids is 1. The highest BCUT2D eigenvalue weighted by Crippen LogP contribution is 2.33. The Labute approximate surface area is 180 Å². The molecule has 1 saturated heterocycles. The second-order valence-corrected chi connectivity index (χ2v) is 8.35. The molecule has 1 aromatic heterocycles. The van der Waals surface area contributed by atoms with Crippen LogP contribution in [0.1, 0.15) is 29.3 Å². The van der Waals surface area contributed by atoms with Crippen molar-refractivity contribution in [2.45, 2.75) is 25.8 Å². The quantitative estimate of drug-likeness (QED) is 0.437. The van der Waals surface area contributed by atoms with Crippen LogP contribution >= 0.6 is 11.6 Å². The Morgan fingerprint density at radius 2 is 1.73 bits per heavy atom. The fourth-order valence-electron chi connectivity index (χ4n) is 4.20. The van der Waals surface area contributed by atoms with Crippen molar-refractivity contribution in [2.24, 2.45) is 0 Å². The molecular weight excluding hydrogens is 394 g/mol. The molecule has 2 heterocycles. The zero-order chi connectivity index (χ0) is 20.7. The fraction of sp³-hybridized carbons (Fsp3) is 0.200. The van der Waals surface area contributed by atoms with Gasteiger partial charge in [-0.3, -0.25) is 4.79 Å². The van der Waals surface area contributed by atoms with Crippen LogP contribution in [0.4, 0.5) is 5.69 Å². The number of rotatable bonds is 4. The Balaban J connectivity index is 1.51. The molecule has 4 nitrogen and oxygen atoms in total. The SMILES string of the molecule is Cc1ccc(N2C[C@H](c3nc4ccccc4n3Cc3ccc(Cl)cc3)CC2=O)cc1. The molecular formula is C25H22ClN3O. The van der Waals surface area contributed by atoms with Crippen LogP contribution in [0, 0.1) is 6.92 Å². The van der Waals surface area contributed by atoms with Crippen molar-refractivity contribution < 1.29 is 4.79 Å². The first kappa shape index (κ1) is 18.9. The van der Waals surface area contributed by atoms with E-state index in [2.05, 4.69) is 17.6 Å². The third kappa shape index (κ3) is 3.48. The normalized spacial score (nSPS) is 16.5. The van der Waals surface area contributed by atoms with Crippen LogP contribution in [0.3, 0.4) is 0 Å². The van der Waals surface area contributed by atoms with Gasteiger partial charge in [-0.25, -0.2) is 4.98 Å². The molecule has 150 valence electrons. The summed E-state index contributed by atoms with van der Waals surface area (Å²) < 4.78 is 2.25. The van der Waals surface area contributed by atoms with Crippen LogP contribution in [0.2, 0.25) is 5.02 Å². The average molecular weight is 416 g/mol. The second-order valence-electron chi connectivity index (χ2n) is 7.91. The lowest BCUT2D eigenvalue weighted by atomic mass is 10.1. The van der Waals surface area contributed by atoms with Gasteiger partial charge in [-0.2, -0.15) is 0 Å². The molecule has 1 fully saturated rings. The molecule has 0 aliphatic carbocycles. The van der Waals surface area contributed by atoms with Gasteiger partial charge in [0.1, 0.15) is 5.82 Å². The largest absolute Gasteiger partial charge is 0.323 e. The zero-order valence-electron chi connectivity index (χ0n) is 16.8. The third-order valence-corrected chi connectivity index (χ3v) is 6.03. The molecule has 0 spiro atoms. The van der Waals surface area contributed by atoms with E-state index in [1.54, 1.807) is 0 Å². The van der Waals surface area contributed by atoms with E-state index in [0.717, 1.165) is 33.1 Å². The Hall–Kier alpha value is -3.11. The summed E-state index contributed by atoms with van der Waals surface area (Å²) in [4.78, 5) is 19.7. The van der Waals surface area contributed by atoms with Crippen molar-refractivity contribution in [3.63, 3.8) is 0 Å². The van der Waals surface area contributed by atoms with E-state index in [-0.39, 0.29) is 11.8 Å². The van der Waals surface area contributed by atoms with Crippen LogP contribution < -0.4 is 4.90 Å². The molecule has 0 bridgehead atoms. The maximum atomic E-state index is 12.8. The Kier molecular flexibility index (Phi) is 4.80. The van der Waals surface area contributed by atoms with Crippen molar-refractivity contribution in [1.29, 1.82) is 0 Å². The summed E-state index contributed by atoms with van der Waals surface area (Å²) in [6.07, 6.45) is 0.470. The number of anilines is 1. The Bertz CT molecular complexity index is 1210. The smallest absolute Gasteiger partial charge is 0.227 e. The van der Waals surface area contributed by atoms with Crippen molar-refractivity contribution in [1.82, 2.24) is 9.55 Å². The molecule has 0 saturated carbocycles. The predicted octanol–water partition coefficient (Wildman–Crippen LogP) is 5.57. The standard InChI is InChI=1S/C25H22ClN3O/c1-17-6-12-21(13-7-17)28-16-19(14-24(28)30)25-27-22-4-2-3-5-23(22)29(25)15-18-8-10-20(26)11-9-18/h2-13,19H,14-16H2,1H3/t19-/m1/s1. The molecule has 1 amide bonds. The number of aryl methyl sites for hydroxylation is 1. The molecule has 0 unspecified atom stereocenters. The number of hydrogen-bond donors (Lipinski definition) is 0. The monoisotopic (exact) mass is 415 g/mol. The number of halogens is 1. The molecule has 1 atom stereocenters. The van der Waals surface area contributed by atoms with Gasteiger partial charge in [0.2, 0.25) is 5.91 Å². The van der Waals surface area contributed by atoms with Gasteiger partial charge in [0.25, 0.3) is 0 Å². The third-order valence-electron chi connectivity index (χ3n) is 5.77. The van der Waals surface area contributed by atoms with E-state index < -0.39 is 0 Å². The van der Waals surface area contributed by atoms with E-state index in [0.29, 0.717) is 19.5 Å². The van der Waals surface area contributed by atoms with Crippen molar-refractivity contribution in [3.05, 3.63) is 94.8 Å². The molecule has 0 radical (unpaired) electrons. The topological polar surface area (TPSA) is 38.1 Å². The minimum absolute atomic E-state index is 0.0542. The van der Waals surface area contributed by atoms with E-state index in [9.17, 15) is 4.79 Å². The average Bonchev–Trinajstić information content (AvgIpc) is 3.31. The number of para-hydroxylation sites is 2. The number of amides is 1. The van der Waals surface area contributed by atoms with Crippen LogP contribution in [0.15, 0.2) is 72.8 Å². The number of hydrogen-bond acceptors (Lipinski definition) is 2. The number of nitrogens with zero attached hydrogens (tertiary/aromatic N) is 3. The van der Waals surface area contributed by atoms with E-state index in [4.69, 9.17) is 16.6 Å². The first-order valence-electron chi connectivity index (χ1n) is 10.1. The summed E-state index contributed by atoms with van der Waals surface area (Å²) in [5.41, 5.74) is 5.34. The molecule has 1 aliphatic rings. The Morgan fingerprint density at radius 1 is 1.00 bits per heavy atom. The number of fused-ring (bicyclic) bond motifs is 1. The lowest BCUT2D eigenvalue weighted by Gasteiger charge is -2.18. The number of aromatic nitrogens is 2. The highest BCUT2D eigenvalue weighted by atomic mass is 35.5. The predicted molar refractivity (Wildman–Crippen MR) is 121 cm³/mol. The first-order valence-corrected chi connectivity index (χ1v) is 10.5. The van der Waals surface area contributed by atoms with Crippen LogP contribution in [-0.2, 0) is 11.3 Å². The molecule has 5 rings (SSSR count). The minimum Gasteiger partial charge on any atom is -0.323 e. The van der Waals surface area contributed by atoms with Crippen molar-refractivity contribution >= 4 is 34.2 Å². The lowest BCUT2D eigenvalue weighted by molar-refractivity contribution is -0.117.